The molecule has 2 N–H and O–H groups in total. The van der Waals surface area contributed by atoms with Gasteiger partial charge in [0.15, 0.2) is 0 Å². The predicted molar refractivity (Wildman–Crippen MR) is 86.7 cm³/mol. The molecule has 1 saturated heterocycles. The smallest absolute Gasteiger partial charge is 0.337 e. The van der Waals surface area contributed by atoms with E-state index in [2.05, 4.69) is 27.2 Å². The lowest BCUT2D eigenvalue weighted by Gasteiger charge is -2.32. The number of morpholine rings is 1. The number of esters is 1. The molecule has 1 atom stereocenters. The fourth-order valence-corrected chi connectivity index (χ4v) is 2.37. The van der Waals surface area contributed by atoms with Crippen LogP contribution in [0.25, 0.3) is 0 Å². The highest BCUT2D eigenvalue weighted by Crippen LogP contribution is 2.10. The SMILES string of the molecule is COC(=O)c1ccc(NC(=O)NCC(C)N2CCOCC2)cc1. The largest absolute Gasteiger partial charge is 0.465 e. The van der Waals surface area contributed by atoms with Crippen molar-refractivity contribution in [2.75, 3.05) is 45.3 Å². The van der Waals surface area contributed by atoms with Gasteiger partial charge in [0.05, 0.1) is 25.9 Å². The minimum absolute atomic E-state index is 0.256. The highest BCUT2D eigenvalue weighted by Gasteiger charge is 2.17. The molecule has 7 nitrogen and oxygen atoms in total. The van der Waals surface area contributed by atoms with Gasteiger partial charge in [0.1, 0.15) is 0 Å². The molecule has 2 amide bonds. The molecule has 0 aliphatic carbocycles. The third-order valence-electron chi connectivity index (χ3n) is 3.79. The zero-order valence-corrected chi connectivity index (χ0v) is 13.5. The Bertz CT molecular complexity index is 527. The van der Waals surface area contributed by atoms with Crippen molar-refractivity contribution in [3.8, 4) is 0 Å². The van der Waals surface area contributed by atoms with Crippen LogP contribution in [0.15, 0.2) is 24.3 Å². The number of methoxy groups -OCH3 is 1. The summed E-state index contributed by atoms with van der Waals surface area (Å²) in [6.07, 6.45) is 0. The first-order chi connectivity index (χ1) is 11.1. The van der Waals surface area contributed by atoms with Gasteiger partial charge in [0.2, 0.25) is 0 Å². The first-order valence-electron chi connectivity index (χ1n) is 7.65. The van der Waals surface area contributed by atoms with Crippen molar-refractivity contribution in [1.29, 1.82) is 0 Å². The van der Waals surface area contributed by atoms with Gasteiger partial charge in [0, 0.05) is 31.4 Å². The number of urea groups is 1. The van der Waals surface area contributed by atoms with E-state index in [1.807, 2.05) is 0 Å². The molecule has 1 fully saturated rings. The number of benzene rings is 1. The third kappa shape index (κ3) is 5.22. The summed E-state index contributed by atoms with van der Waals surface area (Å²) in [4.78, 5) is 25.5. The average molecular weight is 321 g/mol. The van der Waals surface area contributed by atoms with Crippen molar-refractivity contribution >= 4 is 17.7 Å². The number of anilines is 1. The van der Waals surface area contributed by atoms with E-state index < -0.39 is 5.97 Å². The van der Waals surface area contributed by atoms with Crippen LogP contribution in [-0.2, 0) is 9.47 Å². The molecule has 0 saturated carbocycles. The number of rotatable bonds is 5. The molecule has 1 aliphatic heterocycles. The Morgan fingerprint density at radius 3 is 2.52 bits per heavy atom. The van der Waals surface area contributed by atoms with Crippen LogP contribution in [-0.4, -0.2) is 62.9 Å². The molecule has 1 aliphatic rings. The molecule has 1 aromatic rings. The van der Waals surface area contributed by atoms with E-state index in [0.29, 0.717) is 17.8 Å². The molecular formula is C16H23N3O4. The van der Waals surface area contributed by atoms with Crippen LogP contribution in [0.2, 0.25) is 0 Å². The fourth-order valence-electron chi connectivity index (χ4n) is 2.37. The highest BCUT2D eigenvalue weighted by molar-refractivity contribution is 5.92. The first kappa shape index (κ1) is 17.2. The topological polar surface area (TPSA) is 79.9 Å². The Hall–Kier alpha value is -2.12. The average Bonchev–Trinajstić information content (AvgIpc) is 2.60. The Morgan fingerprint density at radius 2 is 1.91 bits per heavy atom. The van der Waals surface area contributed by atoms with E-state index in [1.165, 1.54) is 7.11 Å². The van der Waals surface area contributed by atoms with Gasteiger partial charge >= 0.3 is 12.0 Å². The lowest BCUT2D eigenvalue weighted by Crippen LogP contribution is -2.47. The Labute approximate surface area is 135 Å². The molecule has 1 aromatic carbocycles. The number of ether oxygens (including phenoxy) is 2. The van der Waals surface area contributed by atoms with E-state index in [-0.39, 0.29) is 12.1 Å². The van der Waals surface area contributed by atoms with Gasteiger partial charge in [-0.05, 0) is 31.2 Å². The van der Waals surface area contributed by atoms with Crippen LogP contribution in [0.3, 0.4) is 0 Å². The minimum atomic E-state index is -0.402. The number of hydrogen-bond acceptors (Lipinski definition) is 5. The van der Waals surface area contributed by atoms with Gasteiger partial charge < -0.3 is 20.1 Å². The molecule has 0 aromatic heterocycles. The minimum Gasteiger partial charge on any atom is -0.465 e. The summed E-state index contributed by atoms with van der Waals surface area (Å²) >= 11 is 0. The zero-order chi connectivity index (χ0) is 16.7. The van der Waals surface area contributed by atoms with Gasteiger partial charge in [-0.3, -0.25) is 4.90 Å². The molecule has 1 unspecified atom stereocenters. The van der Waals surface area contributed by atoms with Gasteiger partial charge in [-0.1, -0.05) is 0 Å². The molecular weight excluding hydrogens is 298 g/mol. The molecule has 23 heavy (non-hydrogen) atoms. The normalized spacial score (nSPS) is 16.4. The highest BCUT2D eigenvalue weighted by atomic mass is 16.5. The molecule has 126 valence electrons. The number of hydrogen-bond donors (Lipinski definition) is 2. The second kappa shape index (κ2) is 8.50. The third-order valence-corrected chi connectivity index (χ3v) is 3.79. The van der Waals surface area contributed by atoms with Gasteiger partial charge in [0.25, 0.3) is 0 Å². The second-order valence-corrected chi connectivity index (χ2v) is 5.40. The Morgan fingerprint density at radius 1 is 1.26 bits per heavy atom. The van der Waals surface area contributed by atoms with Crippen molar-refractivity contribution in [3.63, 3.8) is 0 Å². The molecule has 7 heteroatoms. The first-order valence-corrected chi connectivity index (χ1v) is 7.65. The van der Waals surface area contributed by atoms with Crippen molar-refractivity contribution in [3.05, 3.63) is 29.8 Å². The van der Waals surface area contributed by atoms with Crippen LogP contribution >= 0.6 is 0 Å². The van der Waals surface area contributed by atoms with Crippen molar-refractivity contribution in [2.24, 2.45) is 0 Å². The lowest BCUT2D eigenvalue weighted by atomic mass is 10.2. The number of carbonyl (C=O) groups excluding carboxylic acids is 2. The maximum Gasteiger partial charge on any atom is 0.337 e. The van der Waals surface area contributed by atoms with E-state index in [0.717, 1.165) is 26.3 Å². The van der Waals surface area contributed by atoms with E-state index in [4.69, 9.17) is 4.74 Å². The fraction of sp³-hybridized carbons (Fsp3) is 0.500. The number of carbonyl (C=O) groups is 2. The van der Waals surface area contributed by atoms with Crippen LogP contribution in [0.1, 0.15) is 17.3 Å². The summed E-state index contributed by atoms with van der Waals surface area (Å²) in [5.74, 6) is -0.402. The molecule has 1 heterocycles. The molecule has 0 bridgehead atoms. The second-order valence-electron chi connectivity index (χ2n) is 5.40. The summed E-state index contributed by atoms with van der Waals surface area (Å²) in [5, 5.41) is 5.59. The summed E-state index contributed by atoms with van der Waals surface area (Å²) in [7, 11) is 1.33. The maximum atomic E-state index is 11.9. The Balaban J connectivity index is 1.76. The van der Waals surface area contributed by atoms with Crippen molar-refractivity contribution in [2.45, 2.75) is 13.0 Å². The van der Waals surface area contributed by atoms with Crippen LogP contribution < -0.4 is 10.6 Å². The summed E-state index contributed by atoms with van der Waals surface area (Å²) in [6.45, 7) is 5.90. The summed E-state index contributed by atoms with van der Waals surface area (Å²) in [6, 6.07) is 6.53. The molecule has 2 rings (SSSR count). The van der Waals surface area contributed by atoms with Crippen LogP contribution in [0.5, 0.6) is 0 Å². The maximum absolute atomic E-state index is 11.9. The summed E-state index contributed by atoms with van der Waals surface area (Å²) < 4.78 is 9.94. The van der Waals surface area contributed by atoms with Gasteiger partial charge in [-0.2, -0.15) is 0 Å². The lowest BCUT2D eigenvalue weighted by molar-refractivity contribution is 0.0209. The quantitative estimate of drug-likeness (QED) is 0.800. The van der Waals surface area contributed by atoms with Gasteiger partial charge in [-0.25, -0.2) is 9.59 Å². The standard InChI is InChI=1S/C16H23N3O4/c1-12(19-7-9-23-10-8-19)11-17-16(21)18-14-5-3-13(4-6-14)15(20)22-2/h3-6,12H,7-11H2,1-2H3,(H2,17,18,21). The zero-order valence-electron chi connectivity index (χ0n) is 13.5. The van der Waals surface area contributed by atoms with Crippen LogP contribution in [0, 0.1) is 0 Å². The number of nitrogens with zero attached hydrogens (tertiary/aromatic N) is 1. The van der Waals surface area contributed by atoms with Gasteiger partial charge in [-0.15, -0.1) is 0 Å². The van der Waals surface area contributed by atoms with E-state index in [1.54, 1.807) is 24.3 Å². The predicted octanol–water partition coefficient (Wildman–Crippen LogP) is 1.32. The summed E-state index contributed by atoms with van der Waals surface area (Å²) in [5.41, 5.74) is 1.06. The van der Waals surface area contributed by atoms with Crippen molar-refractivity contribution < 1.29 is 19.1 Å². The van der Waals surface area contributed by atoms with Crippen molar-refractivity contribution in [1.82, 2.24) is 10.2 Å². The number of nitrogens with one attached hydrogen (secondary N) is 2. The van der Waals surface area contributed by atoms with E-state index >= 15 is 0 Å². The molecule has 0 spiro atoms. The Kier molecular flexibility index (Phi) is 6.37. The number of amides is 2. The molecule has 0 radical (unpaired) electrons. The van der Waals surface area contributed by atoms with E-state index in [9.17, 15) is 9.59 Å². The monoisotopic (exact) mass is 321 g/mol. The van der Waals surface area contributed by atoms with Crippen LogP contribution in [0.4, 0.5) is 10.5 Å².